The molecule has 0 saturated heterocycles. The number of fused-ring (bicyclic) bond motifs is 3. The Balaban J connectivity index is 1.81. The lowest BCUT2D eigenvalue weighted by atomic mass is 9.89. The van der Waals surface area contributed by atoms with Crippen molar-refractivity contribution in [2.24, 2.45) is 5.92 Å². The molecule has 1 atom stereocenters. The first-order valence-electron chi connectivity index (χ1n) is 9.31. The Labute approximate surface area is 171 Å². The SMILES string of the molecule is C=CCNC(=O)NC(=O)CSc1nc2sc3c(c2c(=O)n1CC)CCC(C)C3. The zero-order valence-corrected chi connectivity index (χ0v) is 17.7. The predicted octanol–water partition coefficient (Wildman–Crippen LogP) is 2.71. The van der Waals surface area contributed by atoms with E-state index in [1.807, 2.05) is 6.92 Å². The molecule has 2 aromatic heterocycles. The van der Waals surface area contributed by atoms with Crippen molar-refractivity contribution in [1.29, 1.82) is 0 Å². The number of rotatable bonds is 6. The van der Waals surface area contributed by atoms with Gasteiger partial charge in [-0.05, 0) is 37.7 Å². The first-order chi connectivity index (χ1) is 13.4. The molecule has 1 aliphatic rings. The molecule has 2 heterocycles. The second-order valence-corrected chi connectivity index (χ2v) is 8.84. The number of carbonyl (C=O) groups is 2. The van der Waals surface area contributed by atoms with Gasteiger partial charge in [-0.15, -0.1) is 17.9 Å². The molecule has 1 aliphatic carbocycles. The van der Waals surface area contributed by atoms with Gasteiger partial charge in [0.05, 0.1) is 11.1 Å². The Morgan fingerprint density at radius 1 is 1.46 bits per heavy atom. The molecule has 0 saturated carbocycles. The molecule has 0 aromatic carbocycles. The lowest BCUT2D eigenvalue weighted by Gasteiger charge is -2.17. The minimum Gasteiger partial charge on any atom is -0.334 e. The van der Waals surface area contributed by atoms with Gasteiger partial charge in [0, 0.05) is 18.0 Å². The van der Waals surface area contributed by atoms with Crippen LogP contribution in [0.2, 0.25) is 0 Å². The Bertz CT molecular complexity index is 980. The predicted molar refractivity (Wildman–Crippen MR) is 113 cm³/mol. The van der Waals surface area contributed by atoms with Crippen LogP contribution >= 0.6 is 23.1 Å². The number of aromatic nitrogens is 2. The Hall–Kier alpha value is -2.13. The van der Waals surface area contributed by atoms with Gasteiger partial charge in [-0.1, -0.05) is 24.8 Å². The molecule has 3 amide bonds. The number of nitrogens with zero attached hydrogens (tertiary/aromatic N) is 2. The summed E-state index contributed by atoms with van der Waals surface area (Å²) in [6.07, 6.45) is 4.53. The van der Waals surface area contributed by atoms with Crippen LogP contribution in [0.15, 0.2) is 22.6 Å². The second kappa shape index (κ2) is 8.91. The van der Waals surface area contributed by atoms with E-state index in [4.69, 9.17) is 0 Å². The maximum absolute atomic E-state index is 13.1. The first-order valence-corrected chi connectivity index (χ1v) is 11.1. The number of hydrogen-bond acceptors (Lipinski definition) is 6. The molecule has 2 N–H and O–H groups in total. The van der Waals surface area contributed by atoms with Gasteiger partial charge in [-0.3, -0.25) is 19.5 Å². The van der Waals surface area contributed by atoms with E-state index in [0.29, 0.717) is 17.6 Å². The van der Waals surface area contributed by atoms with Crippen LogP contribution in [0.5, 0.6) is 0 Å². The van der Waals surface area contributed by atoms with Crippen molar-refractivity contribution < 1.29 is 9.59 Å². The monoisotopic (exact) mass is 420 g/mol. The zero-order chi connectivity index (χ0) is 20.3. The molecular formula is C19H24N4O3S2. The smallest absolute Gasteiger partial charge is 0.321 e. The highest BCUT2D eigenvalue weighted by atomic mass is 32.2. The summed E-state index contributed by atoms with van der Waals surface area (Å²) in [5.41, 5.74) is 1.12. The Morgan fingerprint density at radius 3 is 2.96 bits per heavy atom. The third kappa shape index (κ3) is 4.30. The topological polar surface area (TPSA) is 93.1 Å². The van der Waals surface area contributed by atoms with Gasteiger partial charge < -0.3 is 5.32 Å². The van der Waals surface area contributed by atoms with E-state index in [-0.39, 0.29) is 17.9 Å². The van der Waals surface area contributed by atoms with Gasteiger partial charge >= 0.3 is 6.03 Å². The van der Waals surface area contributed by atoms with Crippen molar-refractivity contribution >= 4 is 45.3 Å². The molecule has 3 rings (SSSR count). The van der Waals surface area contributed by atoms with Crippen molar-refractivity contribution in [2.45, 2.75) is 44.8 Å². The normalized spacial score (nSPS) is 15.9. The van der Waals surface area contributed by atoms with Gasteiger partial charge in [0.1, 0.15) is 4.83 Å². The number of amides is 3. The number of imide groups is 1. The fraction of sp³-hybridized carbons (Fsp3) is 0.474. The summed E-state index contributed by atoms with van der Waals surface area (Å²) in [4.78, 5) is 43.3. The second-order valence-electron chi connectivity index (χ2n) is 6.81. The molecule has 0 aliphatic heterocycles. The maximum Gasteiger partial charge on any atom is 0.321 e. The lowest BCUT2D eigenvalue weighted by Crippen LogP contribution is -2.40. The van der Waals surface area contributed by atoms with Crippen LogP contribution in [0.4, 0.5) is 4.79 Å². The highest BCUT2D eigenvalue weighted by molar-refractivity contribution is 7.99. The molecule has 7 nitrogen and oxygen atoms in total. The molecule has 9 heteroatoms. The van der Waals surface area contributed by atoms with Crippen LogP contribution < -0.4 is 16.2 Å². The van der Waals surface area contributed by atoms with Crippen molar-refractivity contribution in [3.63, 3.8) is 0 Å². The molecule has 150 valence electrons. The number of nitrogens with one attached hydrogen (secondary N) is 2. The summed E-state index contributed by atoms with van der Waals surface area (Å²) in [6.45, 7) is 8.38. The van der Waals surface area contributed by atoms with Crippen molar-refractivity contribution in [3.8, 4) is 0 Å². The average Bonchev–Trinajstić information content (AvgIpc) is 3.02. The van der Waals surface area contributed by atoms with Crippen LogP contribution in [-0.4, -0.2) is 33.8 Å². The quantitative estimate of drug-likeness (QED) is 0.426. The Kier molecular flexibility index (Phi) is 6.56. The zero-order valence-electron chi connectivity index (χ0n) is 16.0. The summed E-state index contributed by atoms with van der Waals surface area (Å²) < 4.78 is 1.61. The lowest BCUT2D eigenvalue weighted by molar-refractivity contribution is -0.117. The minimum atomic E-state index is -0.568. The van der Waals surface area contributed by atoms with E-state index < -0.39 is 11.9 Å². The highest BCUT2D eigenvalue weighted by Gasteiger charge is 2.24. The van der Waals surface area contributed by atoms with E-state index in [9.17, 15) is 14.4 Å². The van der Waals surface area contributed by atoms with E-state index in [1.165, 1.54) is 22.7 Å². The number of thioether (sulfide) groups is 1. The molecule has 28 heavy (non-hydrogen) atoms. The van der Waals surface area contributed by atoms with Crippen LogP contribution in [0.1, 0.15) is 30.7 Å². The van der Waals surface area contributed by atoms with E-state index in [2.05, 4.69) is 29.1 Å². The number of carbonyl (C=O) groups excluding carboxylic acids is 2. The molecule has 0 spiro atoms. The number of urea groups is 1. The largest absolute Gasteiger partial charge is 0.334 e. The summed E-state index contributed by atoms with van der Waals surface area (Å²) >= 11 is 2.76. The van der Waals surface area contributed by atoms with Gasteiger partial charge in [0.2, 0.25) is 5.91 Å². The van der Waals surface area contributed by atoms with Crippen molar-refractivity contribution in [2.75, 3.05) is 12.3 Å². The summed E-state index contributed by atoms with van der Waals surface area (Å²) in [6, 6.07) is -0.568. The fourth-order valence-electron chi connectivity index (χ4n) is 3.30. The first kappa shape index (κ1) is 20.6. The van der Waals surface area contributed by atoms with Gasteiger partial charge in [-0.2, -0.15) is 0 Å². The summed E-state index contributed by atoms with van der Waals surface area (Å²) in [5.74, 6) is 0.184. The van der Waals surface area contributed by atoms with Crippen LogP contribution in [-0.2, 0) is 24.2 Å². The number of hydrogen-bond donors (Lipinski definition) is 2. The van der Waals surface area contributed by atoms with E-state index in [0.717, 1.165) is 35.0 Å². The highest BCUT2D eigenvalue weighted by Crippen LogP contribution is 2.36. The standard InChI is InChI=1S/C19H24N4O3S2/c1-4-8-20-18(26)21-14(24)10-27-19-22-16-15(17(25)23(19)5-2)12-7-6-11(3)9-13(12)28-16/h4,11H,1,5-10H2,2-3H3,(H2,20,21,24,26). The van der Waals surface area contributed by atoms with E-state index >= 15 is 0 Å². The maximum atomic E-state index is 13.1. The fourth-order valence-corrected chi connectivity index (χ4v) is 5.58. The van der Waals surface area contributed by atoms with Gasteiger partial charge in [0.25, 0.3) is 5.56 Å². The minimum absolute atomic E-state index is 0.00157. The molecule has 1 unspecified atom stereocenters. The van der Waals surface area contributed by atoms with Crippen molar-refractivity contribution in [1.82, 2.24) is 20.2 Å². The molecule has 0 bridgehead atoms. The molecule has 0 radical (unpaired) electrons. The van der Waals surface area contributed by atoms with Crippen LogP contribution in [0, 0.1) is 5.92 Å². The third-order valence-corrected chi connectivity index (χ3v) is 6.81. The molecular weight excluding hydrogens is 396 g/mol. The molecule has 2 aromatic rings. The molecule has 0 fully saturated rings. The van der Waals surface area contributed by atoms with Gasteiger partial charge in [-0.25, -0.2) is 9.78 Å². The number of thiophene rings is 1. The summed E-state index contributed by atoms with van der Waals surface area (Å²) in [7, 11) is 0. The summed E-state index contributed by atoms with van der Waals surface area (Å²) in [5, 5.41) is 5.98. The van der Waals surface area contributed by atoms with E-state index in [1.54, 1.807) is 15.9 Å². The number of aryl methyl sites for hydroxylation is 1. The van der Waals surface area contributed by atoms with Gasteiger partial charge in [0.15, 0.2) is 5.16 Å². The average molecular weight is 421 g/mol. The van der Waals surface area contributed by atoms with Crippen LogP contribution in [0.3, 0.4) is 0 Å². The van der Waals surface area contributed by atoms with Crippen LogP contribution in [0.25, 0.3) is 10.2 Å². The third-order valence-electron chi connectivity index (χ3n) is 4.69. The Morgan fingerprint density at radius 2 is 2.25 bits per heavy atom. The van der Waals surface area contributed by atoms with Crippen molar-refractivity contribution in [3.05, 3.63) is 33.4 Å².